The Labute approximate surface area is 119 Å². The second-order valence-electron chi connectivity index (χ2n) is 5.65. The highest BCUT2D eigenvalue weighted by molar-refractivity contribution is 5.97. The van der Waals surface area contributed by atoms with Gasteiger partial charge in [-0.3, -0.25) is 9.59 Å². The average Bonchev–Trinajstić information content (AvgIpc) is 2.37. The lowest BCUT2D eigenvalue weighted by Crippen LogP contribution is -2.33. The van der Waals surface area contributed by atoms with Crippen molar-refractivity contribution in [1.82, 2.24) is 5.32 Å². The van der Waals surface area contributed by atoms with Crippen LogP contribution < -0.4 is 16.4 Å². The first-order valence-electron chi connectivity index (χ1n) is 6.64. The first-order valence-corrected chi connectivity index (χ1v) is 6.64. The molecule has 0 aliphatic heterocycles. The van der Waals surface area contributed by atoms with E-state index in [0.29, 0.717) is 24.1 Å². The number of aryl methyl sites for hydroxylation is 1. The van der Waals surface area contributed by atoms with Gasteiger partial charge in [0, 0.05) is 30.3 Å². The van der Waals surface area contributed by atoms with Crippen molar-refractivity contribution in [1.29, 1.82) is 0 Å². The summed E-state index contributed by atoms with van der Waals surface area (Å²) < 4.78 is 0. The van der Waals surface area contributed by atoms with Gasteiger partial charge in [0.15, 0.2) is 0 Å². The van der Waals surface area contributed by atoms with E-state index in [1.165, 1.54) is 0 Å². The predicted octanol–water partition coefficient (Wildman–Crippen LogP) is 1.81. The first-order chi connectivity index (χ1) is 9.23. The summed E-state index contributed by atoms with van der Waals surface area (Å²) in [6.45, 7) is 5.66. The minimum Gasteiger partial charge on any atom is -0.355 e. The molecule has 2 amide bonds. The van der Waals surface area contributed by atoms with E-state index < -0.39 is 0 Å². The van der Waals surface area contributed by atoms with Crippen LogP contribution in [-0.4, -0.2) is 24.4 Å². The monoisotopic (exact) mass is 277 g/mol. The van der Waals surface area contributed by atoms with Gasteiger partial charge >= 0.3 is 0 Å². The summed E-state index contributed by atoms with van der Waals surface area (Å²) in [4.78, 5) is 23.5. The van der Waals surface area contributed by atoms with Crippen molar-refractivity contribution in [2.45, 2.75) is 39.2 Å². The minimum atomic E-state index is -0.365. The van der Waals surface area contributed by atoms with Crippen molar-refractivity contribution in [3.8, 4) is 0 Å². The Bertz CT molecular complexity index is 504. The first kappa shape index (κ1) is 16.2. The average molecular weight is 277 g/mol. The van der Waals surface area contributed by atoms with Gasteiger partial charge in [0.25, 0.3) is 5.91 Å². The molecule has 0 heterocycles. The second-order valence-corrected chi connectivity index (χ2v) is 5.65. The molecule has 1 rings (SSSR count). The molecule has 0 fully saturated rings. The molecule has 0 saturated heterocycles. The molecule has 0 spiro atoms. The van der Waals surface area contributed by atoms with Crippen LogP contribution in [0.15, 0.2) is 18.2 Å². The number of benzene rings is 1. The van der Waals surface area contributed by atoms with E-state index in [1.807, 2.05) is 26.8 Å². The van der Waals surface area contributed by atoms with Crippen molar-refractivity contribution in [3.63, 3.8) is 0 Å². The number of nitrogens with two attached hydrogens (primary N) is 1. The predicted molar refractivity (Wildman–Crippen MR) is 80.7 cm³/mol. The summed E-state index contributed by atoms with van der Waals surface area (Å²) in [6, 6.07) is 5.22. The number of hydrogen-bond donors (Lipinski definition) is 3. The van der Waals surface area contributed by atoms with Gasteiger partial charge in [0.05, 0.1) is 0 Å². The number of rotatable bonds is 5. The molecule has 0 bridgehead atoms. The number of carbonyl (C=O) groups is 2. The van der Waals surface area contributed by atoms with Crippen LogP contribution in [0.4, 0.5) is 5.69 Å². The molecule has 0 saturated carbocycles. The van der Waals surface area contributed by atoms with Crippen LogP contribution in [0.1, 0.15) is 42.6 Å². The van der Waals surface area contributed by atoms with E-state index in [4.69, 9.17) is 5.73 Å². The zero-order valence-corrected chi connectivity index (χ0v) is 12.5. The summed E-state index contributed by atoms with van der Waals surface area (Å²) >= 11 is 0. The normalized spacial score (nSPS) is 11.1. The van der Waals surface area contributed by atoms with Gasteiger partial charge in [0.2, 0.25) is 5.91 Å². The summed E-state index contributed by atoms with van der Waals surface area (Å²) in [7, 11) is 1.57. The molecule has 4 N–H and O–H groups in total. The van der Waals surface area contributed by atoms with Gasteiger partial charge in [-0.15, -0.1) is 0 Å². The Morgan fingerprint density at radius 1 is 1.30 bits per heavy atom. The quantitative estimate of drug-likeness (QED) is 0.767. The molecule has 0 aliphatic rings. The van der Waals surface area contributed by atoms with Crippen LogP contribution in [0, 0.1) is 6.92 Å². The maximum atomic E-state index is 11.9. The second kappa shape index (κ2) is 6.52. The largest absolute Gasteiger partial charge is 0.355 e. The number of anilines is 1. The van der Waals surface area contributed by atoms with E-state index in [-0.39, 0.29) is 17.4 Å². The Hall–Kier alpha value is -1.88. The third-order valence-electron chi connectivity index (χ3n) is 3.00. The third kappa shape index (κ3) is 5.01. The maximum absolute atomic E-state index is 11.9. The van der Waals surface area contributed by atoms with Gasteiger partial charge in [-0.25, -0.2) is 0 Å². The van der Waals surface area contributed by atoms with Gasteiger partial charge in [-0.1, -0.05) is 6.07 Å². The molecular formula is C15H23N3O2. The smallest absolute Gasteiger partial charge is 0.251 e. The highest BCUT2D eigenvalue weighted by atomic mass is 16.2. The number of hydrogen-bond acceptors (Lipinski definition) is 3. The number of nitrogens with one attached hydrogen (secondary N) is 2. The van der Waals surface area contributed by atoms with Crippen LogP contribution in [0.2, 0.25) is 0 Å². The topological polar surface area (TPSA) is 84.2 Å². The minimum absolute atomic E-state index is 0.0966. The molecule has 20 heavy (non-hydrogen) atoms. The van der Waals surface area contributed by atoms with Gasteiger partial charge in [-0.2, -0.15) is 0 Å². The molecule has 5 heteroatoms. The highest BCUT2D eigenvalue weighted by Gasteiger charge is 2.14. The fraction of sp³-hybridized carbons (Fsp3) is 0.467. The van der Waals surface area contributed by atoms with Crippen LogP contribution in [0.25, 0.3) is 0 Å². The molecule has 1 aromatic rings. The maximum Gasteiger partial charge on any atom is 0.251 e. The number of amides is 2. The lowest BCUT2D eigenvalue weighted by atomic mass is 10.00. The van der Waals surface area contributed by atoms with E-state index in [2.05, 4.69) is 10.6 Å². The van der Waals surface area contributed by atoms with Crippen molar-refractivity contribution in [2.24, 2.45) is 5.73 Å². The standard InChI is InChI=1S/C15H23N3O2/c1-10-5-6-11(14(20)17-4)9-12(10)18-13(19)7-8-15(2,3)16/h5-6,9H,7-8,16H2,1-4H3,(H,17,20)(H,18,19). The van der Waals surface area contributed by atoms with E-state index in [9.17, 15) is 9.59 Å². The van der Waals surface area contributed by atoms with Gasteiger partial charge in [0.1, 0.15) is 0 Å². The van der Waals surface area contributed by atoms with Crippen molar-refractivity contribution in [2.75, 3.05) is 12.4 Å². The molecule has 1 aromatic carbocycles. The SMILES string of the molecule is CNC(=O)c1ccc(C)c(NC(=O)CCC(C)(C)N)c1. The highest BCUT2D eigenvalue weighted by Crippen LogP contribution is 2.18. The third-order valence-corrected chi connectivity index (χ3v) is 3.00. The van der Waals surface area contributed by atoms with Crippen LogP contribution in [0.5, 0.6) is 0 Å². The van der Waals surface area contributed by atoms with Crippen molar-refractivity contribution in [3.05, 3.63) is 29.3 Å². The van der Waals surface area contributed by atoms with E-state index in [1.54, 1.807) is 19.2 Å². The lowest BCUT2D eigenvalue weighted by molar-refractivity contribution is -0.116. The molecule has 5 nitrogen and oxygen atoms in total. The molecule has 0 aliphatic carbocycles. The van der Waals surface area contributed by atoms with E-state index >= 15 is 0 Å². The summed E-state index contributed by atoms with van der Waals surface area (Å²) in [5.74, 6) is -0.274. The molecule has 0 atom stereocenters. The molecular weight excluding hydrogens is 254 g/mol. The summed E-state index contributed by atoms with van der Waals surface area (Å²) in [6.07, 6.45) is 0.958. The van der Waals surface area contributed by atoms with Crippen LogP contribution >= 0.6 is 0 Å². The Morgan fingerprint density at radius 2 is 1.95 bits per heavy atom. The van der Waals surface area contributed by atoms with Gasteiger partial charge < -0.3 is 16.4 Å². The Kier molecular flexibility index (Phi) is 5.27. The Morgan fingerprint density at radius 3 is 2.50 bits per heavy atom. The molecule has 0 aromatic heterocycles. The van der Waals surface area contributed by atoms with Crippen LogP contribution in [0.3, 0.4) is 0 Å². The van der Waals surface area contributed by atoms with Gasteiger partial charge in [-0.05, 0) is 44.9 Å². The van der Waals surface area contributed by atoms with E-state index in [0.717, 1.165) is 5.56 Å². The summed E-state index contributed by atoms with van der Waals surface area (Å²) in [5.41, 5.74) is 7.59. The van der Waals surface area contributed by atoms with Crippen molar-refractivity contribution < 1.29 is 9.59 Å². The van der Waals surface area contributed by atoms with Crippen LogP contribution in [-0.2, 0) is 4.79 Å². The van der Waals surface area contributed by atoms with Crippen molar-refractivity contribution >= 4 is 17.5 Å². The molecule has 0 radical (unpaired) electrons. The zero-order valence-electron chi connectivity index (χ0n) is 12.5. The molecule has 110 valence electrons. The lowest BCUT2D eigenvalue weighted by Gasteiger charge is -2.18. The zero-order chi connectivity index (χ0) is 15.3. The Balaban J connectivity index is 2.76. The fourth-order valence-electron chi connectivity index (χ4n) is 1.69. The fourth-order valence-corrected chi connectivity index (χ4v) is 1.69. The number of carbonyl (C=O) groups excluding carboxylic acids is 2. The summed E-state index contributed by atoms with van der Waals surface area (Å²) in [5, 5.41) is 5.39. The molecule has 0 unspecified atom stereocenters.